The van der Waals surface area contributed by atoms with E-state index in [1.165, 1.54) is 16.7 Å². The third-order valence-corrected chi connectivity index (χ3v) is 4.60. The van der Waals surface area contributed by atoms with E-state index in [2.05, 4.69) is 47.6 Å². The van der Waals surface area contributed by atoms with Gasteiger partial charge in [-0.05, 0) is 43.9 Å². The number of hydrogen-bond donors (Lipinski definition) is 2. The van der Waals surface area contributed by atoms with E-state index >= 15 is 0 Å². The summed E-state index contributed by atoms with van der Waals surface area (Å²) in [7, 11) is 0. The number of carbonyl (C=O) groups is 1. The van der Waals surface area contributed by atoms with Crippen molar-refractivity contribution in [3.05, 3.63) is 52.8 Å². The van der Waals surface area contributed by atoms with E-state index in [-0.39, 0.29) is 6.03 Å². The van der Waals surface area contributed by atoms with Gasteiger partial charge in [0.25, 0.3) is 0 Å². The van der Waals surface area contributed by atoms with Gasteiger partial charge in [-0.15, -0.1) is 0 Å². The second-order valence-electron chi connectivity index (χ2n) is 6.39. The number of amides is 2. The van der Waals surface area contributed by atoms with Crippen LogP contribution in [0, 0.1) is 13.8 Å². The van der Waals surface area contributed by atoms with Crippen molar-refractivity contribution >= 4 is 6.03 Å². The molecule has 0 radical (unpaired) electrons. The summed E-state index contributed by atoms with van der Waals surface area (Å²) in [4.78, 5) is 14.4. The van der Waals surface area contributed by atoms with Crippen molar-refractivity contribution in [1.82, 2.24) is 20.4 Å². The number of aromatic nitrogens is 2. The minimum atomic E-state index is 0.0224. The molecule has 2 aromatic rings. The van der Waals surface area contributed by atoms with Crippen LogP contribution >= 0.6 is 0 Å². The van der Waals surface area contributed by atoms with Crippen LogP contribution in [0.15, 0.2) is 30.5 Å². The summed E-state index contributed by atoms with van der Waals surface area (Å²) < 4.78 is 0. The zero-order valence-corrected chi connectivity index (χ0v) is 13.8. The number of H-pyrrole nitrogens is 1. The Hall–Kier alpha value is -2.30. The lowest BCUT2D eigenvalue weighted by Crippen LogP contribution is -2.44. The molecule has 0 saturated carbocycles. The summed E-state index contributed by atoms with van der Waals surface area (Å²) in [6.07, 6.45) is 3.90. The van der Waals surface area contributed by atoms with Gasteiger partial charge < -0.3 is 10.2 Å². The van der Waals surface area contributed by atoms with Crippen molar-refractivity contribution in [2.75, 3.05) is 13.1 Å². The molecule has 3 rings (SSSR count). The molecule has 0 spiro atoms. The maximum absolute atomic E-state index is 12.5. The standard InChI is InChI=1S/C18H24N4O/c1-13-5-6-15(14(2)10-13)11-19-18(23)22-9-3-4-16(12-22)17-7-8-20-21-17/h5-8,10,16H,3-4,9,11-12H2,1-2H3,(H,19,23)(H,20,21). The number of aryl methyl sites for hydroxylation is 2. The van der Waals surface area contributed by atoms with Crippen LogP contribution in [-0.2, 0) is 6.54 Å². The molecule has 1 aromatic carbocycles. The topological polar surface area (TPSA) is 61.0 Å². The van der Waals surface area contributed by atoms with Gasteiger partial charge in [0.2, 0.25) is 0 Å². The summed E-state index contributed by atoms with van der Waals surface area (Å²) in [6.45, 7) is 6.32. The third kappa shape index (κ3) is 3.73. The number of benzene rings is 1. The van der Waals surface area contributed by atoms with Crippen LogP contribution in [0.5, 0.6) is 0 Å². The van der Waals surface area contributed by atoms with E-state index in [0.29, 0.717) is 12.5 Å². The quantitative estimate of drug-likeness (QED) is 0.915. The molecule has 1 fully saturated rings. The largest absolute Gasteiger partial charge is 0.334 e. The lowest BCUT2D eigenvalue weighted by Gasteiger charge is -2.32. The number of nitrogens with one attached hydrogen (secondary N) is 2. The van der Waals surface area contributed by atoms with Crippen LogP contribution in [0.3, 0.4) is 0 Å². The zero-order chi connectivity index (χ0) is 16.2. The Kier molecular flexibility index (Phi) is 4.65. The first-order chi connectivity index (χ1) is 11.1. The molecule has 2 heterocycles. The molecule has 1 aliphatic rings. The number of hydrogen-bond acceptors (Lipinski definition) is 2. The van der Waals surface area contributed by atoms with Gasteiger partial charge in [0, 0.05) is 37.4 Å². The molecule has 1 unspecified atom stereocenters. The van der Waals surface area contributed by atoms with Gasteiger partial charge in [0.15, 0.2) is 0 Å². The Morgan fingerprint density at radius 3 is 3.00 bits per heavy atom. The van der Waals surface area contributed by atoms with E-state index < -0.39 is 0 Å². The summed E-state index contributed by atoms with van der Waals surface area (Å²) in [5, 5.41) is 10.1. The SMILES string of the molecule is Cc1ccc(CNC(=O)N2CCCC(c3ccn[nH]3)C2)c(C)c1. The monoisotopic (exact) mass is 312 g/mol. The van der Waals surface area contributed by atoms with Crippen molar-refractivity contribution in [2.24, 2.45) is 0 Å². The number of rotatable bonds is 3. The minimum absolute atomic E-state index is 0.0224. The van der Waals surface area contributed by atoms with Crippen molar-refractivity contribution in [1.29, 1.82) is 0 Å². The Labute approximate surface area is 137 Å². The number of piperidine rings is 1. The first-order valence-electron chi connectivity index (χ1n) is 8.21. The van der Waals surface area contributed by atoms with Crippen LogP contribution in [0.4, 0.5) is 4.79 Å². The molecule has 0 bridgehead atoms. The molecule has 1 atom stereocenters. The van der Waals surface area contributed by atoms with E-state index in [0.717, 1.165) is 31.6 Å². The second-order valence-corrected chi connectivity index (χ2v) is 6.39. The Morgan fingerprint density at radius 2 is 2.26 bits per heavy atom. The average molecular weight is 312 g/mol. The molecule has 122 valence electrons. The summed E-state index contributed by atoms with van der Waals surface area (Å²) in [5.74, 6) is 0.359. The normalized spacial score (nSPS) is 18.0. The fourth-order valence-corrected chi connectivity index (χ4v) is 3.24. The molecule has 5 nitrogen and oxygen atoms in total. The van der Waals surface area contributed by atoms with Gasteiger partial charge in [-0.1, -0.05) is 23.8 Å². The van der Waals surface area contributed by atoms with Crippen molar-refractivity contribution in [2.45, 2.75) is 39.2 Å². The molecule has 23 heavy (non-hydrogen) atoms. The van der Waals surface area contributed by atoms with Gasteiger partial charge >= 0.3 is 6.03 Å². The average Bonchev–Trinajstić information content (AvgIpc) is 3.08. The number of urea groups is 1. The molecule has 1 saturated heterocycles. The molecule has 5 heteroatoms. The van der Waals surface area contributed by atoms with Gasteiger partial charge in [-0.3, -0.25) is 5.10 Å². The third-order valence-electron chi connectivity index (χ3n) is 4.60. The lowest BCUT2D eigenvalue weighted by molar-refractivity contribution is 0.178. The molecule has 0 aliphatic carbocycles. The Morgan fingerprint density at radius 1 is 1.39 bits per heavy atom. The van der Waals surface area contributed by atoms with Crippen molar-refractivity contribution < 1.29 is 4.79 Å². The lowest BCUT2D eigenvalue weighted by atomic mass is 9.95. The highest BCUT2D eigenvalue weighted by molar-refractivity contribution is 5.74. The molecule has 1 aromatic heterocycles. The van der Waals surface area contributed by atoms with Crippen LogP contribution in [0.1, 0.15) is 41.1 Å². The maximum atomic E-state index is 12.5. The molecule has 2 N–H and O–H groups in total. The highest BCUT2D eigenvalue weighted by atomic mass is 16.2. The number of nitrogens with zero attached hydrogens (tertiary/aromatic N) is 2. The zero-order valence-electron chi connectivity index (χ0n) is 13.8. The predicted octanol–water partition coefficient (Wildman–Crippen LogP) is 3.12. The summed E-state index contributed by atoms with van der Waals surface area (Å²) in [5.41, 5.74) is 4.76. The number of likely N-dealkylation sites (tertiary alicyclic amines) is 1. The first kappa shape index (κ1) is 15.6. The van der Waals surface area contributed by atoms with Crippen molar-refractivity contribution in [3.8, 4) is 0 Å². The predicted molar refractivity (Wildman–Crippen MR) is 90.3 cm³/mol. The molecule has 2 amide bonds. The van der Waals surface area contributed by atoms with Crippen LogP contribution in [0.2, 0.25) is 0 Å². The smallest absolute Gasteiger partial charge is 0.317 e. The maximum Gasteiger partial charge on any atom is 0.317 e. The van der Waals surface area contributed by atoms with Gasteiger partial charge in [0.05, 0.1) is 0 Å². The fourth-order valence-electron chi connectivity index (χ4n) is 3.24. The van der Waals surface area contributed by atoms with E-state index in [1.54, 1.807) is 6.20 Å². The van der Waals surface area contributed by atoms with E-state index in [1.807, 2.05) is 11.0 Å². The van der Waals surface area contributed by atoms with Crippen molar-refractivity contribution in [3.63, 3.8) is 0 Å². The van der Waals surface area contributed by atoms with E-state index in [4.69, 9.17) is 0 Å². The van der Waals surface area contributed by atoms with Crippen LogP contribution in [0.25, 0.3) is 0 Å². The van der Waals surface area contributed by atoms with Gasteiger partial charge in [-0.2, -0.15) is 5.10 Å². The van der Waals surface area contributed by atoms with E-state index in [9.17, 15) is 4.79 Å². The first-order valence-corrected chi connectivity index (χ1v) is 8.21. The molecular weight excluding hydrogens is 288 g/mol. The number of aromatic amines is 1. The Bertz CT molecular complexity index is 666. The summed E-state index contributed by atoms with van der Waals surface area (Å²) in [6, 6.07) is 8.35. The minimum Gasteiger partial charge on any atom is -0.334 e. The molecular formula is C18H24N4O. The van der Waals surface area contributed by atoms with Gasteiger partial charge in [-0.25, -0.2) is 4.79 Å². The highest BCUT2D eigenvalue weighted by Gasteiger charge is 2.25. The second kappa shape index (κ2) is 6.86. The highest BCUT2D eigenvalue weighted by Crippen LogP contribution is 2.25. The Balaban J connectivity index is 1.57. The van der Waals surface area contributed by atoms with Crippen LogP contribution in [-0.4, -0.2) is 34.2 Å². The molecule has 1 aliphatic heterocycles. The summed E-state index contributed by atoms with van der Waals surface area (Å²) >= 11 is 0. The fraction of sp³-hybridized carbons (Fsp3) is 0.444. The van der Waals surface area contributed by atoms with Gasteiger partial charge in [0.1, 0.15) is 0 Å². The number of carbonyl (C=O) groups excluding carboxylic acids is 1. The van der Waals surface area contributed by atoms with Crippen LogP contribution < -0.4 is 5.32 Å².